The average Bonchev–Trinajstić information content (AvgIpc) is 3.06. The summed E-state index contributed by atoms with van der Waals surface area (Å²) in [4.78, 5) is 9.80. The van der Waals surface area contributed by atoms with Crippen LogP contribution in [0.1, 0.15) is 16.7 Å². The van der Waals surface area contributed by atoms with E-state index in [1.165, 1.54) is 0 Å². The molecule has 0 aliphatic carbocycles. The highest BCUT2D eigenvalue weighted by molar-refractivity contribution is 5.83. The number of hydrogen-bond donors (Lipinski definition) is 0. The molecular weight excluding hydrogens is 540 g/mol. The molecule has 0 aliphatic heterocycles. The van der Waals surface area contributed by atoms with Gasteiger partial charge in [-0.3, -0.25) is 9.97 Å². The van der Waals surface area contributed by atoms with Crippen molar-refractivity contribution in [1.82, 2.24) is 9.97 Å². The van der Waals surface area contributed by atoms with E-state index in [1.807, 2.05) is 67.8 Å². The Morgan fingerprint density at radius 2 is 1.14 bits per heavy atom. The van der Waals surface area contributed by atoms with Crippen LogP contribution in [0.15, 0.2) is 85.2 Å². The van der Waals surface area contributed by atoms with Crippen LogP contribution in [0.2, 0.25) is 0 Å². The van der Waals surface area contributed by atoms with Crippen LogP contribution in [0.4, 0.5) is 0 Å². The molecule has 218 valence electrons. The van der Waals surface area contributed by atoms with Gasteiger partial charge in [-0.15, -0.1) is 0 Å². The smallest absolute Gasteiger partial charge is 0.203 e. The largest absolute Gasteiger partial charge is 0.493 e. The number of pyridine rings is 2. The first-order valence-electron chi connectivity index (χ1n) is 13.7. The topological polar surface area (TPSA) is 71.9 Å². The van der Waals surface area contributed by atoms with Crippen molar-refractivity contribution in [2.45, 2.75) is 6.92 Å². The molecule has 0 spiro atoms. The summed E-state index contributed by atoms with van der Waals surface area (Å²) >= 11 is 0. The lowest BCUT2D eigenvalue weighted by Gasteiger charge is -2.15. The van der Waals surface area contributed by atoms with Crippen LogP contribution in [0.5, 0.6) is 28.7 Å². The molecule has 3 aromatic carbocycles. The summed E-state index contributed by atoms with van der Waals surface area (Å²) in [6.45, 7) is 2.03. The predicted molar refractivity (Wildman–Crippen MR) is 171 cm³/mol. The van der Waals surface area contributed by atoms with Crippen LogP contribution in [0.25, 0.3) is 45.8 Å². The fraction of sp³-hybridized carbons (Fsp3) is 0.167. The molecule has 2 heterocycles. The van der Waals surface area contributed by atoms with Gasteiger partial charge in [-0.05, 0) is 60.0 Å². The van der Waals surface area contributed by atoms with E-state index in [1.54, 1.807) is 35.5 Å². The van der Waals surface area contributed by atoms with E-state index in [0.29, 0.717) is 28.7 Å². The van der Waals surface area contributed by atoms with E-state index in [0.717, 1.165) is 50.3 Å². The number of nitrogens with zero attached hydrogens (tertiary/aromatic N) is 2. The lowest BCUT2D eigenvalue weighted by Crippen LogP contribution is -1.98. The number of rotatable bonds is 10. The number of benzene rings is 3. The third-order valence-electron chi connectivity index (χ3n) is 7.18. The molecule has 5 aromatic rings. The van der Waals surface area contributed by atoms with E-state index in [-0.39, 0.29) is 0 Å². The van der Waals surface area contributed by atoms with Crippen molar-refractivity contribution in [3.63, 3.8) is 0 Å². The zero-order chi connectivity index (χ0) is 30.3. The predicted octanol–water partition coefficient (Wildman–Crippen LogP) is 8.00. The molecule has 5 rings (SSSR count). The third kappa shape index (κ3) is 6.16. The second-order valence-corrected chi connectivity index (χ2v) is 9.78. The lowest BCUT2D eigenvalue weighted by atomic mass is 9.98. The van der Waals surface area contributed by atoms with Gasteiger partial charge in [0, 0.05) is 34.6 Å². The number of aromatic nitrogens is 2. The Kier molecular flexibility index (Phi) is 8.91. The highest BCUT2D eigenvalue weighted by Gasteiger charge is 2.17. The molecule has 0 N–H and O–H groups in total. The first-order chi connectivity index (χ1) is 21.0. The summed E-state index contributed by atoms with van der Waals surface area (Å²) in [6.07, 6.45) is 7.90. The molecule has 0 bridgehead atoms. The zero-order valence-electron chi connectivity index (χ0n) is 25.2. The van der Waals surface area contributed by atoms with Crippen LogP contribution in [0.3, 0.4) is 0 Å². The van der Waals surface area contributed by atoms with Crippen LogP contribution in [-0.4, -0.2) is 45.5 Å². The van der Waals surface area contributed by atoms with Gasteiger partial charge < -0.3 is 23.7 Å². The summed E-state index contributed by atoms with van der Waals surface area (Å²) in [5.41, 5.74) is 8.36. The Morgan fingerprint density at radius 1 is 0.512 bits per heavy atom. The first-order valence-corrected chi connectivity index (χ1v) is 13.7. The Labute approximate surface area is 252 Å². The SMILES string of the molecule is COc1ccc(-c2cnc(-c3cnc(-c4cc(OC)c(OC)c(OC)c4)c(C)c3)c(/C=C/c3ccccc3)c2)cc1OC. The minimum absolute atomic E-state index is 0.539. The molecular formula is C36H34N2O5. The average molecular weight is 575 g/mol. The second kappa shape index (κ2) is 13.1. The quantitative estimate of drug-likeness (QED) is 0.167. The summed E-state index contributed by atoms with van der Waals surface area (Å²) in [5.74, 6) is 3.02. The van der Waals surface area contributed by atoms with Gasteiger partial charge in [0.05, 0.1) is 46.9 Å². The highest BCUT2D eigenvalue weighted by Crippen LogP contribution is 2.42. The third-order valence-corrected chi connectivity index (χ3v) is 7.18. The maximum atomic E-state index is 5.56. The summed E-state index contributed by atoms with van der Waals surface area (Å²) in [6, 6.07) is 24.1. The Morgan fingerprint density at radius 3 is 1.77 bits per heavy atom. The van der Waals surface area contributed by atoms with Gasteiger partial charge in [-0.25, -0.2) is 0 Å². The van der Waals surface area contributed by atoms with Gasteiger partial charge in [0.25, 0.3) is 0 Å². The fourth-order valence-corrected chi connectivity index (χ4v) is 5.00. The van der Waals surface area contributed by atoms with Gasteiger partial charge in [0.2, 0.25) is 5.75 Å². The van der Waals surface area contributed by atoms with Crippen molar-refractivity contribution in [2.75, 3.05) is 35.5 Å². The molecule has 7 nitrogen and oxygen atoms in total. The Hall–Kier alpha value is -5.30. The Balaban J connectivity index is 1.59. The molecule has 0 amide bonds. The molecule has 2 aromatic heterocycles. The zero-order valence-corrected chi connectivity index (χ0v) is 25.2. The van der Waals surface area contributed by atoms with Crippen molar-refractivity contribution >= 4 is 12.2 Å². The monoisotopic (exact) mass is 574 g/mol. The number of methoxy groups -OCH3 is 5. The highest BCUT2D eigenvalue weighted by atomic mass is 16.5. The molecule has 0 saturated carbocycles. The number of ether oxygens (including phenoxy) is 5. The number of aryl methyl sites for hydroxylation is 1. The first kappa shape index (κ1) is 29.2. The fourth-order valence-electron chi connectivity index (χ4n) is 5.00. The van der Waals surface area contributed by atoms with Gasteiger partial charge >= 0.3 is 0 Å². The second-order valence-electron chi connectivity index (χ2n) is 9.78. The van der Waals surface area contributed by atoms with E-state index >= 15 is 0 Å². The molecule has 7 heteroatoms. The van der Waals surface area contributed by atoms with E-state index in [9.17, 15) is 0 Å². The van der Waals surface area contributed by atoms with Crippen molar-refractivity contribution in [3.8, 4) is 62.4 Å². The van der Waals surface area contributed by atoms with E-state index in [2.05, 4.69) is 36.4 Å². The van der Waals surface area contributed by atoms with Gasteiger partial charge in [0.1, 0.15) is 0 Å². The molecule has 0 fully saturated rings. The van der Waals surface area contributed by atoms with Crippen molar-refractivity contribution in [3.05, 3.63) is 102 Å². The lowest BCUT2D eigenvalue weighted by molar-refractivity contribution is 0.324. The minimum Gasteiger partial charge on any atom is -0.493 e. The van der Waals surface area contributed by atoms with Crippen LogP contribution < -0.4 is 23.7 Å². The summed E-state index contributed by atoms with van der Waals surface area (Å²) in [7, 11) is 8.06. The standard InChI is InChI=1S/C36H34N2O5/c1-23-16-29(22-37-34(23)27-19-32(41-4)36(43-6)33(20-27)42-5)35-26(13-12-24-10-8-7-9-11-24)17-28(21-38-35)25-14-15-30(39-2)31(18-25)40-3/h7-22H,1-6H3/b13-12+. The number of hydrogen-bond acceptors (Lipinski definition) is 7. The maximum absolute atomic E-state index is 5.56. The van der Waals surface area contributed by atoms with Crippen LogP contribution >= 0.6 is 0 Å². The molecule has 0 saturated heterocycles. The van der Waals surface area contributed by atoms with Crippen molar-refractivity contribution < 1.29 is 23.7 Å². The summed E-state index contributed by atoms with van der Waals surface area (Å²) < 4.78 is 27.6. The molecule has 0 radical (unpaired) electrons. The van der Waals surface area contributed by atoms with E-state index in [4.69, 9.17) is 33.7 Å². The Bertz CT molecular complexity index is 1740. The molecule has 43 heavy (non-hydrogen) atoms. The molecule has 0 aliphatic rings. The van der Waals surface area contributed by atoms with Crippen LogP contribution in [-0.2, 0) is 0 Å². The summed E-state index contributed by atoms with van der Waals surface area (Å²) in [5, 5.41) is 0. The van der Waals surface area contributed by atoms with Crippen molar-refractivity contribution in [1.29, 1.82) is 0 Å². The maximum Gasteiger partial charge on any atom is 0.203 e. The van der Waals surface area contributed by atoms with E-state index < -0.39 is 0 Å². The van der Waals surface area contributed by atoms with Gasteiger partial charge in [-0.2, -0.15) is 0 Å². The van der Waals surface area contributed by atoms with Gasteiger partial charge in [0.15, 0.2) is 23.0 Å². The van der Waals surface area contributed by atoms with Crippen molar-refractivity contribution in [2.24, 2.45) is 0 Å². The van der Waals surface area contributed by atoms with Crippen LogP contribution in [0, 0.1) is 6.92 Å². The minimum atomic E-state index is 0.539. The molecule has 0 atom stereocenters. The molecule has 0 unspecified atom stereocenters. The normalized spacial score (nSPS) is 10.9. The van der Waals surface area contributed by atoms with Gasteiger partial charge in [-0.1, -0.05) is 48.6 Å².